The average Bonchev–Trinajstić information content (AvgIpc) is 2.13. The van der Waals surface area contributed by atoms with Crippen LogP contribution in [-0.4, -0.2) is 24.3 Å². The lowest BCUT2D eigenvalue weighted by Gasteiger charge is -2.39. The van der Waals surface area contributed by atoms with E-state index in [0.29, 0.717) is 24.7 Å². The fraction of sp³-hybridized carbons (Fsp3) is 0.400. The zero-order valence-electron chi connectivity index (χ0n) is 7.78. The highest BCUT2D eigenvalue weighted by molar-refractivity contribution is 6.33. The number of aliphatic hydroxyl groups is 1. The van der Waals surface area contributed by atoms with E-state index in [1.54, 1.807) is 0 Å². The molecule has 1 aliphatic heterocycles. The van der Waals surface area contributed by atoms with Crippen LogP contribution in [0.25, 0.3) is 0 Å². The Morgan fingerprint density at radius 1 is 1.50 bits per heavy atom. The predicted octanol–water partition coefficient (Wildman–Crippen LogP) is 0.980. The van der Waals surface area contributed by atoms with Crippen molar-refractivity contribution in [3.05, 3.63) is 28.8 Å². The molecule has 0 saturated carbocycles. The molecule has 1 aromatic rings. The van der Waals surface area contributed by atoms with E-state index in [-0.39, 0.29) is 6.10 Å². The van der Waals surface area contributed by atoms with Crippen molar-refractivity contribution in [2.24, 2.45) is 5.73 Å². The van der Waals surface area contributed by atoms with Gasteiger partial charge in [-0.05, 0) is 11.6 Å². The van der Waals surface area contributed by atoms with Gasteiger partial charge in [-0.25, -0.2) is 0 Å². The summed E-state index contributed by atoms with van der Waals surface area (Å²) in [5.74, 6) is 0. The normalized spacial score (nSPS) is 16.9. The largest absolute Gasteiger partial charge is 0.389 e. The van der Waals surface area contributed by atoms with E-state index in [2.05, 4.69) is 4.90 Å². The maximum atomic E-state index is 9.22. The predicted molar refractivity (Wildman–Crippen MR) is 57.6 cm³/mol. The zero-order chi connectivity index (χ0) is 10.1. The Morgan fingerprint density at radius 2 is 2.21 bits per heavy atom. The number of rotatable bonds is 2. The van der Waals surface area contributed by atoms with Crippen LogP contribution in [0.5, 0.6) is 0 Å². The smallest absolute Gasteiger partial charge is 0.0889 e. The maximum Gasteiger partial charge on any atom is 0.0889 e. The topological polar surface area (TPSA) is 49.5 Å². The first-order chi connectivity index (χ1) is 6.72. The van der Waals surface area contributed by atoms with Crippen LogP contribution in [0.1, 0.15) is 5.56 Å². The van der Waals surface area contributed by atoms with Gasteiger partial charge in [0.1, 0.15) is 0 Å². The molecule has 1 fully saturated rings. The van der Waals surface area contributed by atoms with Crippen molar-refractivity contribution in [2.45, 2.75) is 12.6 Å². The lowest BCUT2D eigenvalue weighted by molar-refractivity contribution is 0.142. The summed E-state index contributed by atoms with van der Waals surface area (Å²) in [7, 11) is 0. The molecule has 4 heteroatoms. The molecule has 0 atom stereocenters. The summed E-state index contributed by atoms with van der Waals surface area (Å²) in [6, 6.07) is 5.71. The molecule has 0 aliphatic carbocycles. The van der Waals surface area contributed by atoms with Gasteiger partial charge in [-0.1, -0.05) is 23.7 Å². The first kappa shape index (κ1) is 9.77. The fourth-order valence-corrected chi connectivity index (χ4v) is 2.03. The van der Waals surface area contributed by atoms with Crippen molar-refractivity contribution in [1.82, 2.24) is 0 Å². The quantitative estimate of drug-likeness (QED) is 0.769. The first-order valence-electron chi connectivity index (χ1n) is 4.63. The van der Waals surface area contributed by atoms with Gasteiger partial charge >= 0.3 is 0 Å². The molecule has 3 nitrogen and oxygen atoms in total. The molecule has 0 radical (unpaired) electrons. The molecular weight excluding hydrogens is 200 g/mol. The van der Waals surface area contributed by atoms with Crippen LogP contribution in [0.3, 0.4) is 0 Å². The number of benzene rings is 1. The van der Waals surface area contributed by atoms with Crippen LogP contribution in [-0.2, 0) is 6.54 Å². The van der Waals surface area contributed by atoms with Crippen molar-refractivity contribution >= 4 is 17.3 Å². The number of hydrogen-bond acceptors (Lipinski definition) is 3. The minimum Gasteiger partial charge on any atom is -0.389 e. The molecule has 1 heterocycles. The summed E-state index contributed by atoms with van der Waals surface area (Å²) in [6.45, 7) is 1.77. The minimum atomic E-state index is -0.225. The molecular formula is C10H13ClN2O. The fourth-order valence-electron chi connectivity index (χ4n) is 1.72. The molecule has 76 valence electrons. The zero-order valence-corrected chi connectivity index (χ0v) is 8.54. The highest BCUT2D eigenvalue weighted by atomic mass is 35.5. The van der Waals surface area contributed by atoms with Gasteiger partial charge in [0, 0.05) is 19.6 Å². The lowest BCUT2D eigenvalue weighted by Crippen LogP contribution is -2.51. The third-order valence-corrected chi connectivity index (χ3v) is 2.77. The number of halogens is 1. The molecule has 3 N–H and O–H groups in total. The van der Waals surface area contributed by atoms with Gasteiger partial charge in [0.05, 0.1) is 16.8 Å². The number of hydrogen-bond donors (Lipinski definition) is 2. The third-order valence-electron chi connectivity index (χ3n) is 2.47. The van der Waals surface area contributed by atoms with Gasteiger partial charge in [-0.15, -0.1) is 0 Å². The summed E-state index contributed by atoms with van der Waals surface area (Å²) < 4.78 is 0. The summed E-state index contributed by atoms with van der Waals surface area (Å²) in [5.41, 5.74) is 7.63. The molecule has 0 amide bonds. The second-order valence-corrected chi connectivity index (χ2v) is 3.92. The highest BCUT2D eigenvalue weighted by Crippen LogP contribution is 2.32. The number of β-amino-alcohol motifs (C(OH)–C–C–N with tert-alkyl or cyclic N) is 1. The van der Waals surface area contributed by atoms with E-state index in [9.17, 15) is 5.11 Å². The Balaban J connectivity index is 2.30. The van der Waals surface area contributed by atoms with E-state index in [0.717, 1.165) is 11.3 Å². The van der Waals surface area contributed by atoms with Crippen molar-refractivity contribution in [2.75, 3.05) is 18.0 Å². The molecule has 0 spiro atoms. The molecule has 1 saturated heterocycles. The van der Waals surface area contributed by atoms with Gasteiger partial charge in [-0.3, -0.25) is 0 Å². The van der Waals surface area contributed by atoms with E-state index < -0.39 is 0 Å². The number of para-hydroxylation sites is 1. The maximum absolute atomic E-state index is 9.22. The lowest BCUT2D eigenvalue weighted by atomic mass is 10.1. The Labute approximate surface area is 88.1 Å². The Hall–Kier alpha value is -0.770. The second-order valence-electron chi connectivity index (χ2n) is 3.51. The number of nitrogens with zero attached hydrogens (tertiary/aromatic N) is 1. The van der Waals surface area contributed by atoms with Gasteiger partial charge in [0.2, 0.25) is 0 Å². The van der Waals surface area contributed by atoms with E-state index >= 15 is 0 Å². The van der Waals surface area contributed by atoms with Crippen LogP contribution in [0.2, 0.25) is 5.02 Å². The Bertz CT molecular complexity index is 337. The molecule has 0 unspecified atom stereocenters. The summed E-state index contributed by atoms with van der Waals surface area (Å²) in [5, 5.41) is 9.93. The molecule has 0 bridgehead atoms. The summed E-state index contributed by atoms with van der Waals surface area (Å²) in [4.78, 5) is 2.05. The molecule has 14 heavy (non-hydrogen) atoms. The number of anilines is 1. The SMILES string of the molecule is NCc1cccc(Cl)c1N1CC(O)C1. The van der Waals surface area contributed by atoms with Gasteiger partial charge in [0.25, 0.3) is 0 Å². The van der Waals surface area contributed by atoms with Crippen LogP contribution in [0.4, 0.5) is 5.69 Å². The van der Waals surface area contributed by atoms with Crippen LogP contribution in [0.15, 0.2) is 18.2 Å². The molecule has 2 rings (SSSR count). The first-order valence-corrected chi connectivity index (χ1v) is 5.00. The third kappa shape index (κ3) is 1.59. The average molecular weight is 213 g/mol. The molecule has 0 aromatic heterocycles. The van der Waals surface area contributed by atoms with Gasteiger partial charge in [-0.2, -0.15) is 0 Å². The second kappa shape index (κ2) is 3.77. The summed E-state index contributed by atoms with van der Waals surface area (Å²) >= 11 is 6.08. The standard InChI is InChI=1S/C10H13ClN2O/c11-9-3-1-2-7(4-12)10(9)13-5-8(14)6-13/h1-3,8,14H,4-6,12H2. The molecule has 1 aliphatic rings. The van der Waals surface area contributed by atoms with Crippen LogP contribution in [0, 0.1) is 0 Å². The van der Waals surface area contributed by atoms with E-state index in [4.69, 9.17) is 17.3 Å². The van der Waals surface area contributed by atoms with E-state index in [1.807, 2.05) is 18.2 Å². The van der Waals surface area contributed by atoms with Gasteiger partial charge < -0.3 is 15.7 Å². The van der Waals surface area contributed by atoms with Gasteiger partial charge in [0.15, 0.2) is 0 Å². The van der Waals surface area contributed by atoms with Crippen molar-refractivity contribution in [3.8, 4) is 0 Å². The number of nitrogens with two attached hydrogens (primary N) is 1. The van der Waals surface area contributed by atoms with Crippen molar-refractivity contribution in [1.29, 1.82) is 0 Å². The highest BCUT2D eigenvalue weighted by Gasteiger charge is 2.27. The minimum absolute atomic E-state index is 0.225. The van der Waals surface area contributed by atoms with Crippen LogP contribution < -0.4 is 10.6 Å². The van der Waals surface area contributed by atoms with Crippen molar-refractivity contribution < 1.29 is 5.11 Å². The number of aliphatic hydroxyl groups excluding tert-OH is 1. The summed E-state index contributed by atoms with van der Waals surface area (Å²) in [6.07, 6.45) is -0.225. The molecule has 1 aromatic carbocycles. The van der Waals surface area contributed by atoms with Crippen molar-refractivity contribution in [3.63, 3.8) is 0 Å². The van der Waals surface area contributed by atoms with E-state index in [1.165, 1.54) is 0 Å². The van der Waals surface area contributed by atoms with Crippen LogP contribution >= 0.6 is 11.6 Å². The Morgan fingerprint density at radius 3 is 2.79 bits per heavy atom. The monoisotopic (exact) mass is 212 g/mol. The Kier molecular flexibility index (Phi) is 2.63.